The summed E-state index contributed by atoms with van der Waals surface area (Å²) in [5.41, 5.74) is 1.16. The minimum Gasteiger partial charge on any atom is -0.353 e. The second-order valence-electron chi connectivity index (χ2n) is 7.92. The number of amides is 2. The number of nitrogens with zero attached hydrogens (tertiary/aromatic N) is 3. The molecule has 1 aromatic heterocycles. The first-order valence-corrected chi connectivity index (χ1v) is 10.2. The second kappa shape index (κ2) is 9.37. The van der Waals surface area contributed by atoms with Crippen LogP contribution in [-0.2, 0) is 16.6 Å². The molecule has 2 N–H and O–H groups in total. The molecule has 7 nitrogen and oxygen atoms in total. The lowest BCUT2D eigenvalue weighted by Crippen LogP contribution is -2.51. The van der Waals surface area contributed by atoms with E-state index in [0.29, 0.717) is 6.54 Å². The monoisotopic (exact) mass is 375 g/mol. The third-order valence-electron chi connectivity index (χ3n) is 5.91. The van der Waals surface area contributed by atoms with Crippen LogP contribution in [0.2, 0.25) is 0 Å². The molecule has 2 heterocycles. The van der Waals surface area contributed by atoms with Gasteiger partial charge in [0, 0.05) is 57.7 Å². The molecule has 150 valence electrons. The van der Waals surface area contributed by atoms with Gasteiger partial charge in [-0.25, -0.2) is 0 Å². The maximum atomic E-state index is 12.4. The van der Waals surface area contributed by atoms with Crippen molar-refractivity contribution < 1.29 is 9.59 Å². The minimum atomic E-state index is -0.520. The third kappa shape index (κ3) is 5.32. The number of aryl methyl sites for hydroxylation is 1. The average Bonchev–Trinajstić information content (AvgIpc) is 3.09. The Bertz CT molecular complexity index is 630. The highest BCUT2D eigenvalue weighted by atomic mass is 16.2. The standard InChI is InChI=1S/C20H33N5O2/c1-23-11-13-25(14-12-23)18(17-9-6-10-24(17)2)15-21-19(26)20(27)22-16-7-4-3-5-8-16/h6,9-10,16,18H,3-5,7-8,11-15H2,1-2H3,(H,21,26)(H,22,27). The van der Waals surface area contributed by atoms with Crippen molar-refractivity contribution in [3.05, 3.63) is 24.0 Å². The number of carbonyl (C=O) groups excluding carboxylic acids is 2. The Morgan fingerprint density at radius 3 is 2.41 bits per heavy atom. The van der Waals surface area contributed by atoms with Crippen LogP contribution in [-0.4, -0.2) is 72.0 Å². The van der Waals surface area contributed by atoms with E-state index in [2.05, 4.69) is 38.1 Å². The maximum absolute atomic E-state index is 12.4. The van der Waals surface area contributed by atoms with Crippen molar-refractivity contribution in [3.8, 4) is 0 Å². The van der Waals surface area contributed by atoms with E-state index in [0.717, 1.165) is 57.6 Å². The zero-order chi connectivity index (χ0) is 19.2. The zero-order valence-electron chi connectivity index (χ0n) is 16.6. The van der Waals surface area contributed by atoms with Crippen molar-refractivity contribution >= 4 is 11.8 Å². The molecule has 1 aliphatic carbocycles. The van der Waals surface area contributed by atoms with E-state index in [1.54, 1.807) is 0 Å². The van der Waals surface area contributed by atoms with E-state index in [1.165, 1.54) is 6.42 Å². The second-order valence-corrected chi connectivity index (χ2v) is 7.92. The van der Waals surface area contributed by atoms with Gasteiger partial charge in [0.1, 0.15) is 0 Å². The van der Waals surface area contributed by atoms with Gasteiger partial charge in [-0.15, -0.1) is 0 Å². The Kier molecular flexibility index (Phi) is 6.90. The molecule has 27 heavy (non-hydrogen) atoms. The average molecular weight is 376 g/mol. The van der Waals surface area contributed by atoms with Gasteiger partial charge in [-0.05, 0) is 32.0 Å². The number of likely N-dealkylation sites (N-methyl/N-ethyl adjacent to an activating group) is 1. The molecule has 3 rings (SSSR count). The van der Waals surface area contributed by atoms with Gasteiger partial charge in [0.2, 0.25) is 0 Å². The van der Waals surface area contributed by atoms with Gasteiger partial charge in [-0.2, -0.15) is 0 Å². The van der Waals surface area contributed by atoms with Crippen molar-refractivity contribution in [2.45, 2.75) is 44.2 Å². The molecule has 7 heteroatoms. The first-order valence-electron chi connectivity index (χ1n) is 10.2. The minimum absolute atomic E-state index is 0.0742. The lowest BCUT2D eigenvalue weighted by molar-refractivity contribution is -0.139. The lowest BCUT2D eigenvalue weighted by atomic mass is 9.95. The first-order chi connectivity index (χ1) is 13.0. The zero-order valence-corrected chi connectivity index (χ0v) is 16.6. The summed E-state index contributed by atoms with van der Waals surface area (Å²) in [6.07, 6.45) is 7.47. The lowest BCUT2D eigenvalue weighted by Gasteiger charge is -2.38. The van der Waals surface area contributed by atoms with Crippen molar-refractivity contribution in [2.75, 3.05) is 39.8 Å². The number of nitrogens with one attached hydrogen (secondary N) is 2. The molecular weight excluding hydrogens is 342 g/mol. The summed E-state index contributed by atoms with van der Waals surface area (Å²) in [7, 11) is 4.16. The number of carbonyl (C=O) groups is 2. The van der Waals surface area contributed by atoms with Gasteiger partial charge in [0.25, 0.3) is 0 Å². The van der Waals surface area contributed by atoms with Gasteiger partial charge in [0.05, 0.1) is 6.04 Å². The molecular formula is C20H33N5O2. The largest absolute Gasteiger partial charge is 0.353 e. The predicted octanol–water partition coefficient (Wildman–Crippen LogP) is 0.879. The highest BCUT2D eigenvalue weighted by molar-refractivity contribution is 6.35. The highest BCUT2D eigenvalue weighted by Crippen LogP contribution is 2.22. The van der Waals surface area contributed by atoms with Crippen LogP contribution >= 0.6 is 0 Å². The van der Waals surface area contributed by atoms with Gasteiger partial charge in [-0.1, -0.05) is 19.3 Å². The molecule has 1 atom stereocenters. The molecule has 1 saturated heterocycles. The van der Waals surface area contributed by atoms with E-state index in [1.807, 2.05) is 19.3 Å². The fourth-order valence-electron chi connectivity index (χ4n) is 4.14. The Labute approximate surface area is 162 Å². The summed E-state index contributed by atoms with van der Waals surface area (Å²) in [5.74, 6) is -1.01. The summed E-state index contributed by atoms with van der Waals surface area (Å²) in [6.45, 7) is 4.37. The Morgan fingerprint density at radius 2 is 1.78 bits per heavy atom. The summed E-state index contributed by atoms with van der Waals surface area (Å²) in [5, 5.41) is 5.77. The van der Waals surface area contributed by atoms with Crippen LogP contribution in [0.5, 0.6) is 0 Å². The molecule has 1 aliphatic heterocycles. The SMILES string of the molecule is CN1CCN(C(CNC(=O)C(=O)NC2CCCCC2)c2cccn2C)CC1. The first kappa shape index (κ1) is 19.9. The number of hydrogen-bond donors (Lipinski definition) is 2. The van der Waals surface area contributed by atoms with Crippen LogP contribution in [0, 0.1) is 0 Å². The molecule has 0 radical (unpaired) electrons. The number of piperazine rings is 1. The van der Waals surface area contributed by atoms with Crippen molar-refractivity contribution in [3.63, 3.8) is 0 Å². The molecule has 1 unspecified atom stereocenters. The van der Waals surface area contributed by atoms with Crippen LogP contribution < -0.4 is 10.6 Å². The smallest absolute Gasteiger partial charge is 0.309 e. The number of aromatic nitrogens is 1. The molecule has 2 fully saturated rings. The van der Waals surface area contributed by atoms with Gasteiger partial charge in [0.15, 0.2) is 0 Å². The number of rotatable bonds is 5. The van der Waals surface area contributed by atoms with E-state index < -0.39 is 11.8 Å². The van der Waals surface area contributed by atoms with E-state index >= 15 is 0 Å². The summed E-state index contributed by atoms with van der Waals surface area (Å²) < 4.78 is 2.09. The van der Waals surface area contributed by atoms with Crippen LogP contribution in [0.1, 0.15) is 43.8 Å². The molecule has 0 spiro atoms. The maximum Gasteiger partial charge on any atom is 0.309 e. The van der Waals surface area contributed by atoms with Gasteiger partial charge >= 0.3 is 11.8 Å². The Balaban J connectivity index is 1.57. The van der Waals surface area contributed by atoms with Crippen LogP contribution in [0.15, 0.2) is 18.3 Å². The molecule has 2 amide bonds. The molecule has 0 bridgehead atoms. The highest BCUT2D eigenvalue weighted by Gasteiger charge is 2.27. The molecule has 2 aliphatic rings. The Hall–Kier alpha value is -1.86. The summed E-state index contributed by atoms with van der Waals surface area (Å²) >= 11 is 0. The van der Waals surface area contributed by atoms with Gasteiger partial charge in [-0.3, -0.25) is 14.5 Å². The quantitative estimate of drug-likeness (QED) is 0.750. The van der Waals surface area contributed by atoms with Gasteiger partial charge < -0.3 is 20.1 Å². The van der Waals surface area contributed by atoms with Crippen molar-refractivity contribution in [2.24, 2.45) is 7.05 Å². The summed E-state index contributed by atoms with van der Waals surface area (Å²) in [4.78, 5) is 29.3. The third-order valence-corrected chi connectivity index (χ3v) is 5.91. The van der Waals surface area contributed by atoms with E-state index in [9.17, 15) is 9.59 Å². The van der Waals surface area contributed by atoms with Crippen molar-refractivity contribution in [1.82, 2.24) is 25.0 Å². The topological polar surface area (TPSA) is 69.6 Å². The molecule has 0 aromatic carbocycles. The molecule has 1 aromatic rings. The fraction of sp³-hybridized carbons (Fsp3) is 0.700. The Morgan fingerprint density at radius 1 is 1.07 bits per heavy atom. The summed E-state index contributed by atoms with van der Waals surface area (Å²) in [6, 6.07) is 4.34. The van der Waals surface area contributed by atoms with Crippen LogP contribution in [0.3, 0.4) is 0 Å². The normalized spacial score (nSPS) is 21.0. The fourth-order valence-corrected chi connectivity index (χ4v) is 4.14. The van der Waals surface area contributed by atoms with Crippen molar-refractivity contribution in [1.29, 1.82) is 0 Å². The number of hydrogen-bond acceptors (Lipinski definition) is 4. The van der Waals surface area contributed by atoms with E-state index in [-0.39, 0.29) is 12.1 Å². The molecule has 1 saturated carbocycles. The van der Waals surface area contributed by atoms with Crippen LogP contribution in [0.25, 0.3) is 0 Å². The van der Waals surface area contributed by atoms with Crippen LogP contribution in [0.4, 0.5) is 0 Å². The predicted molar refractivity (Wildman–Crippen MR) is 105 cm³/mol. The van der Waals surface area contributed by atoms with E-state index in [4.69, 9.17) is 0 Å².